The molecule has 0 saturated carbocycles. The van der Waals surface area contributed by atoms with Gasteiger partial charge in [0.15, 0.2) is 0 Å². The van der Waals surface area contributed by atoms with Gasteiger partial charge in [-0.3, -0.25) is 13.9 Å². The summed E-state index contributed by atoms with van der Waals surface area (Å²) in [6.45, 7) is 7.14. The van der Waals surface area contributed by atoms with Gasteiger partial charge >= 0.3 is 0 Å². The maximum absolute atomic E-state index is 14.0. The van der Waals surface area contributed by atoms with Crippen molar-refractivity contribution in [3.63, 3.8) is 0 Å². The minimum absolute atomic E-state index is 0.0419. The fourth-order valence-corrected chi connectivity index (χ4v) is 5.98. The van der Waals surface area contributed by atoms with Crippen molar-refractivity contribution >= 4 is 50.7 Å². The molecule has 0 aliphatic heterocycles. The van der Waals surface area contributed by atoms with E-state index in [1.807, 2.05) is 13.8 Å². The van der Waals surface area contributed by atoms with E-state index in [1.54, 1.807) is 68.4 Å². The lowest BCUT2D eigenvalue weighted by Crippen LogP contribution is -2.52. The molecule has 3 aromatic rings. The van der Waals surface area contributed by atoms with Crippen LogP contribution in [-0.2, 0) is 26.2 Å². The van der Waals surface area contributed by atoms with E-state index in [0.29, 0.717) is 28.6 Å². The molecule has 0 spiro atoms. The molecule has 1 unspecified atom stereocenters. The molecular weight excluding hydrogens is 557 g/mol. The molecule has 3 aromatic carbocycles. The van der Waals surface area contributed by atoms with Crippen molar-refractivity contribution in [2.45, 2.75) is 51.6 Å². The average molecular weight is 591 g/mol. The number of rotatable bonds is 11. The number of likely N-dealkylation sites (N-methyl/N-ethyl adjacent to an activating group) is 1. The van der Waals surface area contributed by atoms with Crippen molar-refractivity contribution in [3.8, 4) is 0 Å². The van der Waals surface area contributed by atoms with Crippen LogP contribution in [0, 0.1) is 13.8 Å². The van der Waals surface area contributed by atoms with Crippen LogP contribution in [0.4, 0.5) is 5.69 Å². The molecule has 39 heavy (non-hydrogen) atoms. The quantitative estimate of drug-likeness (QED) is 0.308. The Labute approximate surface area is 240 Å². The van der Waals surface area contributed by atoms with E-state index in [2.05, 4.69) is 5.32 Å². The van der Waals surface area contributed by atoms with E-state index < -0.39 is 28.5 Å². The lowest BCUT2D eigenvalue weighted by Gasteiger charge is -2.33. The summed E-state index contributed by atoms with van der Waals surface area (Å²) < 4.78 is 29.0. The van der Waals surface area contributed by atoms with Gasteiger partial charge in [0, 0.05) is 23.1 Å². The first-order valence-corrected chi connectivity index (χ1v) is 14.8. The van der Waals surface area contributed by atoms with Crippen LogP contribution in [0.2, 0.25) is 10.0 Å². The van der Waals surface area contributed by atoms with E-state index in [4.69, 9.17) is 23.2 Å². The number of hydrogen-bond acceptors (Lipinski definition) is 4. The summed E-state index contributed by atoms with van der Waals surface area (Å²) in [5, 5.41) is 3.70. The van der Waals surface area contributed by atoms with Crippen molar-refractivity contribution in [2.24, 2.45) is 0 Å². The predicted octanol–water partition coefficient (Wildman–Crippen LogP) is 5.75. The highest BCUT2D eigenvalue weighted by molar-refractivity contribution is 7.92. The lowest BCUT2D eigenvalue weighted by molar-refractivity contribution is -0.140. The molecule has 0 aliphatic carbocycles. The normalized spacial score (nSPS) is 12.1. The number of amides is 2. The average Bonchev–Trinajstić information content (AvgIpc) is 2.90. The Hall–Kier alpha value is -3.07. The number of aryl methyl sites for hydroxylation is 1. The highest BCUT2D eigenvalue weighted by atomic mass is 35.5. The zero-order valence-corrected chi connectivity index (χ0v) is 24.8. The molecule has 0 aliphatic rings. The summed E-state index contributed by atoms with van der Waals surface area (Å²) in [7, 11) is -4.17. The van der Waals surface area contributed by atoms with Gasteiger partial charge in [0.05, 0.1) is 10.6 Å². The highest BCUT2D eigenvalue weighted by Gasteiger charge is 2.34. The molecule has 7 nitrogen and oxygen atoms in total. The molecule has 0 fully saturated rings. The Balaban J connectivity index is 2.10. The zero-order chi connectivity index (χ0) is 28.7. The largest absolute Gasteiger partial charge is 0.355 e. The third-order valence-electron chi connectivity index (χ3n) is 6.40. The molecule has 3 rings (SSSR count). The number of nitrogens with zero attached hydrogens (tertiary/aromatic N) is 2. The van der Waals surface area contributed by atoms with E-state index in [-0.39, 0.29) is 23.0 Å². The zero-order valence-electron chi connectivity index (χ0n) is 22.4. The van der Waals surface area contributed by atoms with Crippen LogP contribution in [0.5, 0.6) is 0 Å². The smallest absolute Gasteiger partial charge is 0.264 e. The van der Waals surface area contributed by atoms with Gasteiger partial charge in [-0.15, -0.1) is 0 Å². The number of anilines is 1. The van der Waals surface area contributed by atoms with E-state index in [9.17, 15) is 18.0 Å². The number of halogens is 2. The first-order valence-electron chi connectivity index (χ1n) is 12.7. The molecule has 0 radical (unpaired) electrons. The van der Waals surface area contributed by atoms with Crippen molar-refractivity contribution in [2.75, 3.05) is 17.4 Å². The predicted molar refractivity (Wildman–Crippen MR) is 157 cm³/mol. The number of nitrogens with one attached hydrogen (secondary N) is 1. The van der Waals surface area contributed by atoms with Crippen LogP contribution in [0.1, 0.15) is 37.0 Å². The number of sulfonamides is 1. The number of benzene rings is 3. The van der Waals surface area contributed by atoms with Crippen LogP contribution in [-0.4, -0.2) is 44.3 Å². The minimum atomic E-state index is -4.17. The van der Waals surface area contributed by atoms with Crippen molar-refractivity contribution < 1.29 is 18.0 Å². The Morgan fingerprint density at radius 2 is 1.56 bits per heavy atom. The molecule has 0 aromatic heterocycles. The van der Waals surface area contributed by atoms with Gasteiger partial charge in [-0.2, -0.15) is 0 Å². The van der Waals surface area contributed by atoms with E-state index >= 15 is 0 Å². The molecule has 0 saturated heterocycles. The fraction of sp³-hybridized carbons (Fsp3) is 0.310. The van der Waals surface area contributed by atoms with Gasteiger partial charge in [-0.1, -0.05) is 66.0 Å². The summed E-state index contributed by atoms with van der Waals surface area (Å²) in [6.07, 6.45) is 0.339. The SMILES string of the molecule is CCNC(=O)C(CC)N(Cc1ccc(Cl)cc1)C(=O)CN(c1cccc(Cl)c1C)S(=O)(=O)c1ccc(C)cc1. The Morgan fingerprint density at radius 3 is 2.15 bits per heavy atom. The lowest BCUT2D eigenvalue weighted by atomic mass is 10.1. The van der Waals surface area contributed by atoms with Gasteiger partial charge in [-0.05, 0) is 74.7 Å². The third-order valence-corrected chi connectivity index (χ3v) is 8.83. The minimum Gasteiger partial charge on any atom is -0.355 e. The van der Waals surface area contributed by atoms with Gasteiger partial charge in [0.25, 0.3) is 10.0 Å². The Bertz CT molecular complexity index is 1410. The molecule has 1 atom stereocenters. The number of hydrogen-bond donors (Lipinski definition) is 1. The van der Waals surface area contributed by atoms with Crippen molar-refractivity contribution in [3.05, 3.63) is 93.5 Å². The first kappa shape index (κ1) is 30.5. The van der Waals surface area contributed by atoms with Gasteiger partial charge < -0.3 is 10.2 Å². The second kappa shape index (κ2) is 13.3. The fourth-order valence-electron chi connectivity index (χ4n) is 4.22. The molecule has 0 heterocycles. The molecule has 1 N–H and O–H groups in total. The topological polar surface area (TPSA) is 86.8 Å². The summed E-state index contributed by atoms with van der Waals surface area (Å²) in [6, 6.07) is 17.5. The molecule has 2 amide bonds. The van der Waals surface area contributed by atoms with Crippen LogP contribution < -0.4 is 9.62 Å². The van der Waals surface area contributed by atoms with Gasteiger partial charge in [-0.25, -0.2) is 8.42 Å². The second-order valence-electron chi connectivity index (χ2n) is 9.18. The summed E-state index contributed by atoms with van der Waals surface area (Å²) in [5.41, 5.74) is 2.45. The van der Waals surface area contributed by atoms with Crippen molar-refractivity contribution in [1.82, 2.24) is 10.2 Å². The summed E-state index contributed by atoms with van der Waals surface area (Å²) in [4.78, 5) is 28.5. The maximum Gasteiger partial charge on any atom is 0.264 e. The Kier molecular flexibility index (Phi) is 10.4. The number of carbonyl (C=O) groups excluding carboxylic acids is 2. The van der Waals surface area contributed by atoms with E-state index in [1.165, 1.54) is 17.0 Å². The van der Waals surface area contributed by atoms with Crippen LogP contribution >= 0.6 is 23.2 Å². The molecule has 10 heteroatoms. The van der Waals surface area contributed by atoms with Crippen molar-refractivity contribution in [1.29, 1.82) is 0 Å². The van der Waals surface area contributed by atoms with Crippen LogP contribution in [0.15, 0.2) is 71.6 Å². The molecule has 208 valence electrons. The monoisotopic (exact) mass is 589 g/mol. The third kappa shape index (κ3) is 7.32. The second-order valence-corrected chi connectivity index (χ2v) is 11.9. The molecule has 0 bridgehead atoms. The van der Waals surface area contributed by atoms with Gasteiger partial charge in [0.1, 0.15) is 12.6 Å². The Morgan fingerprint density at radius 1 is 0.923 bits per heavy atom. The maximum atomic E-state index is 14.0. The summed E-state index contributed by atoms with van der Waals surface area (Å²) >= 11 is 12.4. The first-order chi connectivity index (χ1) is 18.5. The van der Waals surface area contributed by atoms with Gasteiger partial charge in [0.2, 0.25) is 11.8 Å². The van der Waals surface area contributed by atoms with E-state index in [0.717, 1.165) is 15.4 Å². The van der Waals surface area contributed by atoms with Crippen LogP contribution in [0.25, 0.3) is 0 Å². The van der Waals surface area contributed by atoms with Crippen LogP contribution in [0.3, 0.4) is 0 Å². The molecular formula is C29H33Cl2N3O4S. The standard InChI is InChI=1S/C29H33Cl2N3O4S/c1-5-26(29(36)32-6-2)33(18-22-12-14-23(30)15-13-22)28(35)19-34(27-9-7-8-25(31)21(27)4)39(37,38)24-16-10-20(3)11-17-24/h7-17,26H,5-6,18-19H2,1-4H3,(H,32,36). The highest BCUT2D eigenvalue weighted by Crippen LogP contribution is 2.31. The summed E-state index contributed by atoms with van der Waals surface area (Å²) in [5.74, 6) is -0.840. The number of carbonyl (C=O) groups is 2.